The van der Waals surface area contributed by atoms with Gasteiger partial charge in [0.2, 0.25) is 11.8 Å². The van der Waals surface area contributed by atoms with Gasteiger partial charge in [0.15, 0.2) is 0 Å². The molecular weight excluding hydrogens is 240 g/mol. The summed E-state index contributed by atoms with van der Waals surface area (Å²) in [7, 11) is 0. The molecule has 0 radical (unpaired) electrons. The van der Waals surface area contributed by atoms with Crippen molar-refractivity contribution in [2.24, 2.45) is 5.92 Å². The van der Waals surface area contributed by atoms with Crippen LogP contribution in [0.2, 0.25) is 0 Å². The van der Waals surface area contributed by atoms with E-state index in [0.29, 0.717) is 19.4 Å². The van der Waals surface area contributed by atoms with Gasteiger partial charge in [0, 0.05) is 25.4 Å². The lowest BCUT2D eigenvalue weighted by molar-refractivity contribution is -0.125. The van der Waals surface area contributed by atoms with E-state index in [2.05, 4.69) is 10.6 Å². The van der Waals surface area contributed by atoms with Crippen molar-refractivity contribution in [2.45, 2.75) is 70.3 Å². The highest BCUT2D eigenvalue weighted by atomic mass is 16.2. The van der Waals surface area contributed by atoms with Gasteiger partial charge in [0.1, 0.15) is 0 Å². The third-order valence-electron chi connectivity index (χ3n) is 4.37. The second-order valence-corrected chi connectivity index (χ2v) is 6.00. The molecule has 1 heterocycles. The van der Waals surface area contributed by atoms with Crippen LogP contribution >= 0.6 is 0 Å². The first-order valence-corrected chi connectivity index (χ1v) is 7.80. The molecular formula is C15H26N2O2. The molecule has 1 unspecified atom stereocenters. The molecule has 0 spiro atoms. The van der Waals surface area contributed by atoms with Gasteiger partial charge in [-0.1, -0.05) is 32.1 Å². The van der Waals surface area contributed by atoms with Gasteiger partial charge >= 0.3 is 0 Å². The monoisotopic (exact) mass is 266 g/mol. The smallest absolute Gasteiger partial charge is 0.220 e. The molecule has 108 valence electrons. The van der Waals surface area contributed by atoms with Crippen LogP contribution in [0.3, 0.4) is 0 Å². The molecule has 19 heavy (non-hydrogen) atoms. The fraction of sp³-hybridized carbons (Fsp3) is 0.867. The van der Waals surface area contributed by atoms with Gasteiger partial charge in [-0.05, 0) is 25.2 Å². The maximum atomic E-state index is 11.8. The first-order chi connectivity index (χ1) is 9.24. The van der Waals surface area contributed by atoms with Crippen molar-refractivity contribution in [3.63, 3.8) is 0 Å². The Morgan fingerprint density at radius 1 is 1.21 bits per heavy atom. The van der Waals surface area contributed by atoms with Gasteiger partial charge < -0.3 is 10.6 Å². The summed E-state index contributed by atoms with van der Waals surface area (Å²) in [5.41, 5.74) is 0. The van der Waals surface area contributed by atoms with Gasteiger partial charge in [-0.15, -0.1) is 0 Å². The van der Waals surface area contributed by atoms with Crippen molar-refractivity contribution in [1.82, 2.24) is 10.6 Å². The molecule has 2 amide bonds. The van der Waals surface area contributed by atoms with E-state index in [4.69, 9.17) is 0 Å². The van der Waals surface area contributed by atoms with Crippen LogP contribution in [-0.4, -0.2) is 24.4 Å². The van der Waals surface area contributed by atoms with E-state index >= 15 is 0 Å². The molecule has 2 aliphatic rings. The van der Waals surface area contributed by atoms with Crippen molar-refractivity contribution in [3.05, 3.63) is 0 Å². The van der Waals surface area contributed by atoms with E-state index in [9.17, 15) is 9.59 Å². The SMILES string of the molecule is O=C1CCC(NC(=O)CCCC2CCCCC2)CN1. The zero-order valence-electron chi connectivity index (χ0n) is 11.7. The molecule has 1 saturated heterocycles. The standard InChI is InChI=1S/C15H26N2O2/c18-14-10-9-13(11-16-14)17-15(19)8-4-7-12-5-2-1-3-6-12/h12-13H,1-11H2,(H,16,18)(H,17,19). The molecule has 4 heteroatoms. The van der Waals surface area contributed by atoms with Crippen molar-refractivity contribution < 1.29 is 9.59 Å². The molecule has 1 aliphatic heterocycles. The quantitative estimate of drug-likeness (QED) is 0.801. The molecule has 0 bridgehead atoms. The number of carbonyl (C=O) groups excluding carboxylic acids is 2. The van der Waals surface area contributed by atoms with Gasteiger partial charge in [-0.2, -0.15) is 0 Å². The van der Waals surface area contributed by atoms with Crippen molar-refractivity contribution in [2.75, 3.05) is 6.54 Å². The molecule has 1 saturated carbocycles. The molecule has 2 N–H and O–H groups in total. The summed E-state index contributed by atoms with van der Waals surface area (Å²) in [6.45, 7) is 0.590. The predicted molar refractivity (Wildman–Crippen MR) is 74.6 cm³/mol. The van der Waals surface area contributed by atoms with Crippen LogP contribution in [0.1, 0.15) is 64.2 Å². The number of rotatable bonds is 5. The minimum absolute atomic E-state index is 0.0998. The van der Waals surface area contributed by atoms with Gasteiger partial charge in [-0.3, -0.25) is 9.59 Å². The third-order valence-corrected chi connectivity index (χ3v) is 4.37. The van der Waals surface area contributed by atoms with Crippen LogP contribution in [0.25, 0.3) is 0 Å². The lowest BCUT2D eigenvalue weighted by Crippen LogP contribution is -2.47. The van der Waals surface area contributed by atoms with Crippen LogP contribution in [0.15, 0.2) is 0 Å². The summed E-state index contributed by atoms with van der Waals surface area (Å²) in [5.74, 6) is 1.11. The lowest BCUT2D eigenvalue weighted by Gasteiger charge is -2.24. The fourth-order valence-electron chi connectivity index (χ4n) is 3.18. The maximum Gasteiger partial charge on any atom is 0.220 e. The predicted octanol–water partition coefficient (Wildman–Crippen LogP) is 2.13. The number of nitrogens with one attached hydrogen (secondary N) is 2. The van der Waals surface area contributed by atoms with Crippen LogP contribution in [-0.2, 0) is 9.59 Å². The van der Waals surface area contributed by atoms with Crippen LogP contribution in [0, 0.1) is 5.92 Å². The minimum Gasteiger partial charge on any atom is -0.354 e. The molecule has 0 aromatic rings. The Balaban J connectivity index is 1.55. The number of amides is 2. The van der Waals surface area contributed by atoms with Crippen molar-refractivity contribution in [1.29, 1.82) is 0 Å². The largest absolute Gasteiger partial charge is 0.354 e. The van der Waals surface area contributed by atoms with E-state index in [1.807, 2.05) is 0 Å². The molecule has 0 aromatic heterocycles. The Hall–Kier alpha value is -1.06. The number of hydrogen-bond donors (Lipinski definition) is 2. The summed E-state index contributed by atoms with van der Waals surface area (Å²) in [4.78, 5) is 22.8. The molecule has 1 aliphatic carbocycles. The van der Waals surface area contributed by atoms with E-state index in [1.165, 1.54) is 38.5 Å². The first-order valence-electron chi connectivity index (χ1n) is 7.80. The normalized spacial score (nSPS) is 24.8. The number of piperidine rings is 1. The number of carbonyl (C=O) groups is 2. The summed E-state index contributed by atoms with van der Waals surface area (Å²) >= 11 is 0. The summed E-state index contributed by atoms with van der Waals surface area (Å²) in [6, 6.07) is 0.139. The van der Waals surface area contributed by atoms with Gasteiger partial charge in [0.05, 0.1) is 0 Å². The van der Waals surface area contributed by atoms with E-state index in [-0.39, 0.29) is 17.9 Å². The molecule has 2 fully saturated rings. The maximum absolute atomic E-state index is 11.8. The molecule has 2 rings (SSSR count). The van der Waals surface area contributed by atoms with E-state index < -0.39 is 0 Å². The Bertz CT molecular complexity index is 301. The highest BCUT2D eigenvalue weighted by Gasteiger charge is 2.19. The van der Waals surface area contributed by atoms with Crippen LogP contribution < -0.4 is 10.6 Å². The Labute approximate surface area is 115 Å². The second kappa shape index (κ2) is 7.51. The van der Waals surface area contributed by atoms with Crippen LogP contribution in [0.5, 0.6) is 0 Å². The summed E-state index contributed by atoms with van der Waals surface area (Å²) < 4.78 is 0. The third kappa shape index (κ3) is 5.21. The Kier molecular flexibility index (Phi) is 5.67. The van der Waals surface area contributed by atoms with E-state index in [1.54, 1.807) is 0 Å². The van der Waals surface area contributed by atoms with E-state index in [0.717, 1.165) is 18.8 Å². The second-order valence-electron chi connectivity index (χ2n) is 6.00. The average Bonchev–Trinajstić information content (AvgIpc) is 2.43. The Morgan fingerprint density at radius 3 is 2.68 bits per heavy atom. The molecule has 1 atom stereocenters. The topological polar surface area (TPSA) is 58.2 Å². The lowest BCUT2D eigenvalue weighted by atomic mass is 9.86. The van der Waals surface area contributed by atoms with Crippen molar-refractivity contribution >= 4 is 11.8 Å². The van der Waals surface area contributed by atoms with Gasteiger partial charge in [0.25, 0.3) is 0 Å². The fourth-order valence-corrected chi connectivity index (χ4v) is 3.18. The zero-order valence-corrected chi connectivity index (χ0v) is 11.7. The Morgan fingerprint density at radius 2 is 2.00 bits per heavy atom. The minimum atomic E-state index is 0.0998. The zero-order chi connectivity index (χ0) is 13.5. The highest BCUT2D eigenvalue weighted by molar-refractivity contribution is 5.78. The first kappa shape index (κ1) is 14.4. The average molecular weight is 266 g/mol. The van der Waals surface area contributed by atoms with Gasteiger partial charge in [-0.25, -0.2) is 0 Å². The highest BCUT2D eigenvalue weighted by Crippen LogP contribution is 2.27. The summed E-state index contributed by atoms with van der Waals surface area (Å²) in [5, 5.41) is 5.82. The molecule has 4 nitrogen and oxygen atoms in total. The van der Waals surface area contributed by atoms with Crippen molar-refractivity contribution in [3.8, 4) is 0 Å². The summed E-state index contributed by atoms with van der Waals surface area (Å²) in [6.07, 6.45) is 11.0. The molecule has 0 aromatic carbocycles. The van der Waals surface area contributed by atoms with Crippen LogP contribution in [0.4, 0.5) is 0 Å². The number of hydrogen-bond acceptors (Lipinski definition) is 2.